The van der Waals surface area contributed by atoms with Gasteiger partial charge in [-0.3, -0.25) is 14.6 Å². The third kappa shape index (κ3) is 6.74. The molecule has 1 saturated heterocycles. The molecule has 188 valence electrons. The molecule has 2 aliphatic rings. The van der Waals surface area contributed by atoms with E-state index in [4.69, 9.17) is 0 Å². The van der Waals surface area contributed by atoms with Crippen LogP contribution in [0.25, 0.3) is 5.57 Å². The van der Waals surface area contributed by atoms with E-state index in [-0.39, 0.29) is 29.9 Å². The molecule has 2 aromatic rings. The Morgan fingerprint density at radius 2 is 1.97 bits per heavy atom. The molecule has 0 saturated carbocycles. The number of hydrogen-bond donors (Lipinski definition) is 1. The van der Waals surface area contributed by atoms with Gasteiger partial charge in [0.05, 0.1) is 18.3 Å². The number of rotatable bonds is 6. The van der Waals surface area contributed by atoms with E-state index in [0.29, 0.717) is 23.4 Å². The zero-order valence-electron chi connectivity index (χ0n) is 21.0. The van der Waals surface area contributed by atoms with Gasteiger partial charge in [0.2, 0.25) is 5.91 Å². The largest absolute Gasteiger partial charge is 0.370 e. The van der Waals surface area contributed by atoms with E-state index in [0.717, 1.165) is 55.7 Å². The van der Waals surface area contributed by atoms with Crippen molar-refractivity contribution in [2.75, 3.05) is 23.3 Å². The van der Waals surface area contributed by atoms with Gasteiger partial charge in [-0.15, -0.1) is 0 Å². The van der Waals surface area contributed by atoms with Crippen LogP contribution in [0.4, 0.5) is 15.9 Å². The first-order valence-electron chi connectivity index (χ1n) is 12.6. The van der Waals surface area contributed by atoms with Gasteiger partial charge in [0.15, 0.2) is 0 Å². The van der Waals surface area contributed by atoms with Crippen molar-refractivity contribution in [1.29, 1.82) is 0 Å². The molecule has 0 radical (unpaired) electrons. The zero-order chi connectivity index (χ0) is 25.5. The first kappa shape index (κ1) is 25.5. The molecular weight excluding hydrogens is 455 g/mol. The quantitative estimate of drug-likeness (QED) is 0.543. The highest BCUT2D eigenvalue weighted by Gasteiger charge is 2.19. The number of allylic oxidation sites excluding steroid dienone is 5. The number of nitrogens with zero attached hydrogens (tertiary/aromatic N) is 3. The fourth-order valence-corrected chi connectivity index (χ4v) is 4.76. The summed E-state index contributed by atoms with van der Waals surface area (Å²) >= 11 is 0. The SMILES string of the molecule is CC(=O)C1CCCCN(c2ccc(NC(=O)CC3=CCC=C(c4ccnc(C)c4)C(F)=C3)nc2)CC1. The molecule has 7 heteroatoms. The van der Waals surface area contributed by atoms with Gasteiger partial charge in [0.25, 0.3) is 0 Å². The fraction of sp³-hybridized carbons (Fsp3) is 0.379. The van der Waals surface area contributed by atoms with Crippen molar-refractivity contribution in [3.05, 3.63) is 77.5 Å². The summed E-state index contributed by atoms with van der Waals surface area (Å²) in [7, 11) is 0. The summed E-state index contributed by atoms with van der Waals surface area (Å²) in [5.74, 6) is 0.258. The minimum atomic E-state index is -0.361. The lowest BCUT2D eigenvalue weighted by Crippen LogP contribution is -2.30. The topological polar surface area (TPSA) is 75.2 Å². The van der Waals surface area contributed by atoms with Crippen molar-refractivity contribution in [3.8, 4) is 0 Å². The number of hydrogen-bond acceptors (Lipinski definition) is 5. The van der Waals surface area contributed by atoms with Crippen molar-refractivity contribution in [1.82, 2.24) is 9.97 Å². The number of amides is 1. The fourth-order valence-electron chi connectivity index (χ4n) is 4.76. The zero-order valence-corrected chi connectivity index (χ0v) is 21.0. The molecule has 1 N–H and O–H groups in total. The molecule has 0 aromatic carbocycles. The summed E-state index contributed by atoms with van der Waals surface area (Å²) in [6, 6.07) is 7.37. The normalized spacial score (nSPS) is 18.7. The number of Topliss-reactive ketones (excluding diaryl/α,β-unsaturated/α-hetero) is 1. The van der Waals surface area contributed by atoms with Gasteiger partial charge in [-0.1, -0.05) is 18.6 Å². The average Bonchev–Trinajstić information content (AvgIpc) is 3.00. The lowest BCUT2D eigenvalue weighted by atomic mass is 9.92. The number of halogens is 1. The molecule has 4 rings (SSSR count). The van der Waals surface area contributed by atoms with Crippen molar-refractivity contribution in [2.24, 2.45) is 5.92 Å². The van der Waals surface area contributed by atoms with Gasteiger partial charge in [-0.25, -0.2) is 9.37 Å². The number of nitrogens with one attached hydrogen (secondary N) is 1. The third-order valence-corrected chi connectivity index (χ3v) is 6.78. The Labute approximate surface area is 212 Å². The van der Waals surface area contributed by atoms with Crippen molar-refractivity contribution < 1.29 is 14.0 Å². The van der Waals surface area contributed by atoms with Crippen LogP contribution in [0.1, 0.15) is 56.7 Å². The molecule has 1 unspecified atom stereocenters. The minimum Gasteiger partial charge on any atom is -0.370 e. The molecule has 3 heterocycles. The first-order valence-corrected chi connectivity index (χ1v) is 12.6. The lowest BCUT2D eigenvalue weighted by Gasteiger charge is -2.29. The van der Waals surface area contributed by atoms with Crippen LogP contribution in [0, 0.1) is 12.8 Å². The second-order valence-corrected chi connectivity index (χ2v) is 9.52. The maximum Gasteiger partial charge on any atom is 0.229 e. The van der Waals surface area contributed by atoms with E-state index in [1.165, 1.54) is 6.08 Å². The highest BCUT2D eigenvalue weighted by atomic mass is 19.1. The van der Waals surface area contributed by atoms with E-state index in [1.54, 1.807) is 31.5 Å². The Balaban J connectivity index is 1.34. The van der Waals surface area contributed by atoms with Crippen LogP contribution in [0.15, 0.2) is 66.3 Å². The van der Waals surface area contributed by atoms with E-state index >= 15 is 0 Å². The van der Waals surface area contributed by atoms with Gasteiger partial charge < -0.3 is 10.2 Å². The minimum absolute atomic E-state index is 0.0614. The number of ketones is 1. The van der Waals surface area contributed by atoms with E-state index in [1.807, 2.05) is 31.2 Å². The first-order chi connectivity index (χ1) is 17.4. The summed E-state index contributed by atoms with van der Waals surface area (Å²) < 4.78 is 15.0. The van der Waals surface area contributed by atoms with Crippen LogP contribution in [-0.2, 0) is 9.59 Å². The summed E-state index contributed by atoms with van der Waals surface area (Å²) in [4.78, 5) is 35.3. The Morgan fingerprint density at radius 3 is 2.72 bits per heavy atom. The molecule has 0 bridgehead atoms. The van der Waals surface area contributed by atoms with Gasteiger partial charge in [0.1, 0.15) is 17.4 Å². The van der Waals surface area contributed by atoms with E-state index in [9.17, 15) is 14.0 Å². The van der Waals surface area contributed by atoms with Crippen molar-refractivity contribution in [3.63, 3.8) is 0 Å². The number of carbonyl (C=O) groups excluding carboxylic acids is 2. The van der Waals surface area contributed by atoms with Crippen LogP contribution >= 0.6 is 0 Å². The summed E-state index contributed by atoms with van der Waals surface area (Å²) in [6.07, 6.45) is 13.1. The highest BCUT2D eigenvalue weighted by molar-refractivity contribution is 5.92. The Hall–Kier alpha value is -3.61. The Morgan fingerprint density at radius 1 is 1.11 bits per heavy atom. The molecular formula is C29H33FN4O2. The monoisotopic (exact) mass is 488 g/mol. The van der Waals surface area contributed by atoms with Crippen molar-refractivity contribution in [2.45, 2.75) is 52.4 Å². The highest BCUT2D eigenvalue weighted by Crippen LogP contribution is 2.29. The van der Waals surface area contributed by atoms with Gasteiger partial charge in [-0.05, 0) is 81.0 Å². The van der Waals surface area contributed by atoms with Crippen LogP contribution in [0.2, 0.25) is 0 Å². The van der Waals surface area contributed by atoms with Crippen LogP contribution in [0.3, 0.4) is 0 Å². The number of carbonyl (C=O) groups is 2. The maximum absolute atomic E-state index is 15.0. The second kappa shape index (κ2) is 11.9. The summed E-state index contributed by atoms with van der Waals surface area (Å²) in [5.41, 5.74) is 3.72. The smallest absolute Gasteiger partial charge is 0.229 e. The van der Waals surface area contributed by atoms with Gasteiger partial charge in [0, 0.05) is 36.5 Å². The lowest BCUT2D eigenvalue weighted by molar-refractivity contribution is -0.121. The molecule has 36 heavy (non-hydrogen) atoms. The number of anilines is 2. The molecule has 1 aliphatic heterocycles. The standard InChI is InChI=1S/C29H33FN4O2/c1-20-16-24(11-13-31-20)26-8-5-6-22(17-27(26)30)18-29(36)33-28-10-9-25(19-32-28)34-14-4-3-7-23(12-15-34)21(2)35/h6,8-11,13,16-17,19,23H,3-5,7,12,14-15,18H2,1-2H3,(H,32,33,36). The molecule has 2 aromatic heterocycles. The van der Waals surface area contributed by atoms with Gasteiger partial charge in [-0.2, -0.15) is 0 Å². The van der Waals surface area contributed by atoms with Crippen LogP contribution < -0.4 is 10.2 Å². The summed E-state index contributed by atoms with van der Waals surface area (Å²) in [5, 5.41) is 2.82. The molecule has 1 atom stereocenters. The Kier molecular flexibility index (Phi) is 8.41. The third-order valence-electron chi connectivity index (χ3n) is 6.78. The predicted octanol–water partition coefficient (Wildman–Crippen LogP) is 5.97. The molecule has 1 fully saturated rings. The predicted molar refractivity (Wildman–Crippen MR) is 141 cm³/mol. The second-order valence-electron chi connectivity index (χ2n) is 9.52. The Bertz CT molecular complexity index is 1200. The van der Waals surface area contributed by atoms with E-state index in [2.05, 4.69) is 20.2 Å². The van der Waals surface area contributed by atoms with Crippen LogP contribution in [0.5, 0.6) is 0 Å². The molecule has 0 spiro atoms. The van der Waals surface area contributed by atoms with Crippen LogP contribution in [-0.4, -0.2) is 34.7 Å². The van der Waals surface area contributed by atoms with Crippen molar-refractivity contribution >= 4 is 28.8 Å². The number of pyridine rings is 2. The number of aromatic nitrogens is 2. The average molecular weight is 489 g/mol. The maximum atomic E-state index is 15.0. The molecule has 1 amide bonds. The summed E-state index contributed by atoms with van der Waals surface area (Å²) in [6.45, 7) is 5.30. The molecule has 6 nitrogen and oxygen atoms in total. The molecule has 1 aliphatic carbocycles. The van der Waals surface area contributed by atoms with Gasteiger partial charge >= 0.3 is 0 Å². The number of aryl methyl sites for hydroxylation is 1. The van der Waals surface area contributed by atoms with E-state index < -0.39 is 0 Å².